The zero-order chi connectivity index (χ0) is 18.0. The fourth-order valence-corrected chi connectivity index (χ4v) is 2.70. The van der Waals surface area contributed by atoms with E-state index in [9.17, 15) is 9.59 Å². The molecule has 0 N–H and O–H groups in total. The molecular formula is C18H20N4O3. The Bertz CT molecular complexity index is 840. The molecule has 0 aliphatic carbocycles. The number of aromatic nitrogens is 1. The van der Waals surface area contributed by atoms with Crippen molar-refractivity contribution in [2.75, 3.05) is 12.1 Å². The van der Waals surface area contributed by atoms with Crippen molar-refractivity contribution in [2.45, 2.75) is 33.2 Å². The van der Waals surface area contributed by atoms with E-state index in [1.807, 2.05) is 31.2 Å². The first-order valence-electron chi connectivity index (χ1n) is 8.09. The summed E-state index contributed by atoms with van der Waals surface area (Å²) in [5.74, 6) is 0.366. The molecule has 2 heterocycles. The van der Waals surface area contributed by atoms with E-state index < -0.39 is 0 Å². The van der Waals surface area contributed by atoms with Crippen LogP contribution in [0.25, 0.3) is 0 Å². The number of hydrogen-bond acceptors (Lipinski definition) is 5. The molecule has 0 saturated heterocycles. The SMILES string of the molecule is Cc1cccc(N2N=C(C(=O)N(C)Cc3cc(C)on3)CCC2=O)c1. The fraction of sp³-hybridized carbons (Fsp3) is 0.333. The van der Waals surface area contributed by atoms with Gasteiger partial charge in [0.25, 0.3) is 5.91 Å². The largest absolute Gasteiger partial charge is 0.361 e. The fourth-order valence-electron chi connectivity index (χ4n) is 2.70. The molecule has 0 fully saturated rings. The normalized spacial score (nSPS) is 14.4. The van der Waals surface area contributed by atoms with Gasteiger partial charge in [0.2, 0.25) is 5.91 Å². The van der Waals surface area contributed by atoms with Gasteiger partial charge in [0.15, 0.2) is 0 Å². The molecule has 0 unspecified atom stereocenters. The Balaban J connectivity index is 1.79. The van der Waals surface area contributed by atoms with Crippen LogP contribution in [-0.4, -0.2) is 34.6 Å². The molecule has 7 heteroatoms. The predicted molar refractivity (Wildman–Crippen MR) is 93.0 cm³/mol. The topological polar surface area (TPSA) is 79.0 Å². The van der Waals surface area contributed by atoms with Crippen molar-refractivity contribution in [3.05, 3.63) is 47.3 Å². The van der Waals surface area contributed by atoms with Gasteiger partial charge in [0.1, 0.15) is 17.2 Å². The van der Waals surface area contributed by atoms with Gasteiger partial charge in [-0.15, -0.1) is 0 Å². The maximum Gasteiger partial charge on any atom is 0.270 e. The van der Waals surface area contributed by atoms with E-state index in [4.69, 9.17) is 4.52 Å². The minimum absolute atomic E-state index is 0.114. The molecule has 1 aliphatic heterocycles. The van der Waals surface area contributed by atoms with Crippen LogP contribution in [0.1, 0.15) is 29.9 Å². The quantitative estimate of drug-likeness (QED) is 0.856. The molecule has 1 aromatic carbocycles. The maximum absolute atomic E-state index is 12.7. The van der Waals surface area contributed by atoms with Gasteiger partial charge in [-0.1, -0.05) is 17.3 Å². The lowest BCUT2D eigenvalue weighted by molar-refractivity contribution is -0.123. The van der Waals surface area contributed by atoms with Gasteiger partial charge in [0, 0.05) is 26.0 Å². The minimum Gasteiger partial charge on any atom is -0.361 e. The second-order valence-corrected chi connectivity index (χ2v) is 6.18. The number of rotatable bonds is 4. The zero-order valence-corrected chi connectivity index (χ0v) is 14.5. The average Bonchev–Trinajstić information content (AvgIpc) is 2.99. The van der Waals surface area contributed by atoms with Gasteiger partial charge in [-0.3, -0.25) is 9.59 Å². The van der Waals surface area contributed by atoms with E-state index in [1.165, 1.54) is 9.91 Å². The van der Waals surface area contributed by atoms with Crippen molar-refractivity contribution in [3.8, 4) is 0 Å². The molecule has 130 valence electrons. The first-order valence-corrected chi connectivity index (χ1v) is 8.09. The van der Waals surface area contributed by atoms with Crippen LogP contribution in [0.15, 0.2) is 40.0 Å². The molecular weight excluding hydrogens is 320 g/mol. The number of amides is 2. The van der Waals surface area contributed by atoms with Crippen LogP contribution < -0.4 is 5.01 Å². The molecule has 0 radical (unpaired) electrons. The molecule has 7 nitrogen and oxygen atoms in total. The highest BCUT2D eigenvalue weighted by Gasteiger charge is 2.27. The number of nitrogens with zero attached hydrogens (tertiary/aromatic N) is 4. The van der Waals surface area contributed by atoms with Crippen molar-refractivity contribution in [2.24, 2.45) is 5.10 Å². The van der Waals surface area contributed by atoms with Gasteiger partial charge in [-0.05, 0) is 31.5 Å². The summed E-state index contributed by atoms with van der Waals surface area (Å²) in [4.78, 5) is 26.4. The molecule has 0 saturated carbocycles. The highest BCUT2D eigenvalue weighted by molar-refractivity contribution is 6.40. The van der Waals surface area contributed by atoms with Crippen LogP contribution in [0, 0.1) is 13.8 Å². The molecule has 0 bridgehead atoms. The lowest BCUT2D eigenvalue weighted by Crippen LogP contribution is -2.39. The summed E-state index contributed by atoms with van der Waals surface area (Å²) in [6.07, 6.45) is 0.595. The zero-order valence-electron chi connectivity index (χ0n) is 14.5. The second kappa shape index (κ2) is 6.88. The second-order valence-electron chi connectivity index (χ2n) is 6.18. The number of carbonyl (C=O) groups is 2. The van der Waals surface area contributed by atoms with Gasteiger partial charge in [-0.2, -0.15) is 5.10 Å². The Morgan fingerprint density at radius 1 is 1.28 bits per heavy atom. The lowest BCUT2D eigenvalue weighted by atomic mass is 10.1. The summed E-state index contributed by atoms with van der Waals surface area (Å²) in [7, 11) is 1.68. The van der Waals surface area contributed by atoms with E-state index in [2.05, 4.69) is 10.3 Å². The van der Waals surface area contributed by atoms with Crippen LogP contribution in [-0.2, 0) is 16.1 Å². The van der Waals surface area contributed by atoms with Crippen molar-refractivity contribution in [3.63, 3.8) is 0 Å². The van der Waals surface area contributed by atoms with Gasteiger partial charge >= 0.3 is 0 Å². The summed E-state index contributed by atoms with van der Waals surface area (Å²) in [6, 6.07) is 9.28. The summed E-state index contributed by atoms with van der Waals surface area (Å²) in [5.41, 5.74) is 2.74. The molecule has 1 aliphatic rings. The van der Waals surface area contributed by atoms with Crippen LogP contribution in [0.5, 0.6) is 0 Å². The van der Waals surface area contributed by atoms with E-state index in [0.717, 1.165) is 5.56 Å². The Kier molecular flexibility index (Phi) is 4.65. The third-order valence-electron chi connectivity index (χ3n) is 3.95. The Labute approximate surface area is 145 Å². The number of benzene rings is 1. The van der Waals surface area contributed by atoms with E-state index >= 15 is 0 Å². The van der Waals surface area contributed by atoms with Crippen molar-refractivity contribution in [1.29, 1.82) is 0 Å². The summed E-state index contributed by atoms with van der Waals surface area (Å²) in [6.45, 7) is 4.07. The Hall–Kier alpha value is -2.96. The van der Waals surface area contributed by atoms with Crippen molar-refractivity contribution < 1.29 is 14.1 Å². The van der Waals surface area contributed by atoms with E-state index in [0.29, 0.717) is 35.8 Å². The van der Waals surface area contributed by atoms with Crippen LogP contribution in [0.4, 0.5) is 5.69 Å². The average molecular weight is 340 g/mol. The third kappa shape index (κ3) is 3.76. The van der Waals surface area contributed by atoms with Gasteiger partial charge in [-0.25, -0.2) is 5.01 Å². The summed E-state index contributed by atoms with van der Waals surface area (Å²) < 4.78 is 5.02. The first-order chi connectivity index (χ1) is 11.9. The number of aryl methyl sites for hydroxylation is 2. The summed E-state index contributed by atoms with van der Waals surface area (Å²) >= 11 is 0. The highest BCUT2D eigenvalue weighted by atomic mass is 16.5. The van der Waals surface area contributed by atoms with E-state index in [1.54, 1.807) is 20.0 Å². The smallest absolute Gasteiger partial charge is 0.270 e. The Morgan fingerprint density at radius 2 is 2.08 bits per heavy atom. The highest BCUT2D eigenvalue weighted by Crippen LogP contribution is 2.22. The molecule has 2 aromatic rings. The van der Waals surface area contributed by atoms with Gasteiger partial charge < -0.3 is 9.42 Å². The molecule has 2 amide bonds. The van der Waals surface area contributed by atoms with Crippen molar-refractivity contribution >= 4 is 23.2 Å². The molecule has 0 spiro atoms. The Morgan fingerprint density at radius 3 is 2.76 bits per heavy atom. The predicted octanol–water partition coefficient (Wildman–Crippen LogP) is 2.43. The van der Waals surface area contributed by atoms with Crippen LogP contribution >= 0.6 is 0 Å². The van der Waals surface area contributed by atoms with Crippen molar-refractivity contribution in [1.82, 2.24) is 10.1 Å². The monoisotopic (exact) mass is 340 g/mol. The van der Waals surface area contributed by atoms with E-state index in [-0.39, 0.29) is 18.2 Å². The number of hydrogen-bond donors (Lipinski definition) is 0. The molecule has 25 heavy (non-hydrogen) atoms. The van der Waals surface area contributed by atoms with Crippen LogP contribution in [0.2, 0.25) is 0 Å². The molecule has 0 atom stereocenters. The number of hydrazone groups is 1. The van der Waals surface area contributed by atoms with Crippen LogP contribution in [0.3, 0.4) is 0 Å². The molecule has 3 rings (SSSR count). The first kappa shape index (κ1) is 16.9. The maximum atomic E-state index is 12.7. The minimum atomic E-state index is -0.217. The summed E-state index contributed by atoms with van der Waals surface area (Å²) in [5, 5.41) is 9.52. The number of anilines is 1. The third-order valence-corrected chi connectivity index (χ3v) is 3.95. The van der Waals surface area contributed by atoms with Gasteiger partial charge in [0.05, 0.1) is 12.2 Å². The number of carbonyl (C=O) groups excluding carboxylic acids is 2. The lowest BCUT2D eigenvalue weighted by Gasteiger charge is -2.25. The molecule has 1 aromatic heterocycles. The standard InChI is InChI=1S/C18H20N4O3/c1-12-5-4-6-15(9-12)22-17(23)8-7-16(19-22)18(24)21(3)11-14-10-13(2)25-20-14/h4-6,9-10H,7-8,11H2,1-3H3.